The van der Waals surface area contributed by atoms with Crippen LogP contribution in [-0.2, 0) is 9.59 Å². The van der Waals surface area contributed by atoms with Gasteiger partial charge in [0.05, 0.1) is 6.04 Å². The molecule has 1 aromatic carbocycles. The number of nitrogens with zero attached hydrogens (tertiary/aromatic N) is 1. The number of amides is 2. The minimum absolute atomic E-state index is 0.161. The summed E-state index contributed by atoms with van der Waals surface area (Å²) in [6.07, 6.45) is 2.46. The van der Waals surface area contributed by atoms with Crippen molar-refractivity contribution in [2.75, 3.05) is 13.7 Å². The Balaban J connectivity index is 2.34. The number of hydrogen-bond acceptors (Lipinski definition) is 4. The third-order valence-electron chi connectivity index (χ3n) is 2.92. The summed E-state index contributed by atoms with van der Waals surface area (Å²) < 4.78 is 5.29. The van der Waals surface area contributed by atoms with Gasteiger partial charge in [-0.25, -0.2) is 0 Å². The van der Waals surface area contributed by atoms with Crippen LogP contribution < -0.4 is 15.9 Å². The minimum Gasteiger partial charge on any atom is -0.484 e. The highest BCUT2D eigenvalue weighted by molar-refractivity contribution is 5.85. The predicted octanol–water partition coefficient (Wildman–Crippen LogP) is 1.07. The van der Waals surface area contributed by atoms with Gasteiger partial charge in [0, 0.05) is 7.05 Å². The highest BCUT2D eigenvalue weighted by Crippen LogP contribution is 2.07. The summed E-state index contributed by atoms with van der Waals surface area (Å²) >= 11 is 0. The topological polar surface area (TPSA) is 84.7 Å². The molecule has 0 spiro atoms. The molecule has 0 heterocycles. The summed E-state index contributed by atoms with van der Waals surface area (Å²) in [7, 11) is 1.48. The van der Waals surface area contributed by atoms with Gasteiger partial charge in [0.15, 0.2) is 6.61 Å². The maximum absolute atomic E-state index is 11.9. The number of nitrogens with one attached hydrogen (secondary N) is 1. The fraction of sp³-hybridized carbons (Fsp3) is 0.467. The molecule has 1 rings (SSSR count). The number of ether oxygens (including phenoxy) is 1. The molecule has 1 aromatic rings. The second-order valence-electron chi connectivity index (χ2n) is 4.78. The second-order valence-corrected chi connectivity index (χ2v) is 4.78. The van der Waals surface area contributed by atoms with Crippen LogP contribution in [0.15, 0.2) is 30.3 Å². The molecule has 6 heteroatoms. The number of hydrazine groups is 1. The van der Waals surface area contributed by atoms with E-state index in [1.807, 2.05) is 25.1 Å². The molecule has 1 atom stereocenters. The van der Waals surface area contributed by atoms with Crippen LogP contribution in [0.4, 0.5) is 0 Å². The Morgan fingerprint density at radius 1 is 1.33 bits per heavy atom. The molecule has 0 aliphatic heterocycles. The van der Waals surface area contributed by atoms with Crippen LogP contribution in [0, 0.1) is 0 Å². The number of carbonyl (C=O) groups excluding carboxylic acids is 2. The van der Waals surface area contributed by atoms with Gasteiger partial charge in [-0.1, -0.05) is 38.0 Å². The van der Waals surface area contributed by atoms with E-state index in [0.29, 0.717) is 12.2 Å². The lowest BCUT2D eigenvalue weighted by atomic mass is 10.1. The van der Waals surface area contributed by atoms with Gasteiger partial charge in [0.25, 0.3) is 11.8 Å². The first-order valence-corrected chi connectivity index (χ1v) is 7.05. The average Bonchev–Trinajstić information content (AvgIpc) is 2.50. The third-order valence-corrected chi connectivity index (χ3v) is 2.92. The first-order valence-electron chi connectivity index (χ1n) is 7.05. The monoisotopic (exact) mass is 293 g/mol. The molecule has 0 aromatic heterocycles. The molecule has 3 N–H and O–H groups in total. The summed E-state index contributed by atoms with van der Waals surface area (Å²) in [5, 5.41) is 1.12. The van der Waals surface area contributed by atoms with Crippen LogP contribution in [0.25, 0.3) is 0 Å². The predicted molar refractivity (Wildman–Crippen MR) is 80.4 cm³/mol. The van der Waals surface area contributed by atoms with Crippen molar-refractivity contribution in [2.24, 2.45) is 5.73 Å². The first-order chi connectivity index (χ1) is 10.0. The van der Waals surface area contributed by atoms with Gasteiger partial charge in [-0.2, -0.15) is 0 Å². The Kier molecular flexibility index (Phi) is 7.25. The highest BCUT2D eigenvalue weighted by Gasteiger charge is 2.19. The normalized spacial score (nSPS) is 11.6. The van der Waals surface area contributed by atoms with Crippen molar-refractivity contribution in [3.63, 3.8) is 0 Å². The molecule has 0 bridgehead atoms. The second kappa shape index (κ2) is 8.97. The van der Waals surface area contributed by atoms with Crippen molar-refractivity contribution >= 4 is 11.8 Å². The van der Waals surface area contributed by atoms with E-state index < -0.39 is 11.9 Å². The third kappa shape index (κ3) is 6.27. The lowest BCUT2D eigenvalue weighted by Crippen LogP contribution is -2.51. The largest absolute Gasteiger partial charge is 0.484 e. The first kappa shape index (κ1) is 17.0. The van der Waals surface area contributed by atoms with Crippen LogP contribution in [-0.4, -0.2) is 36.5 Å². The number of hydrogen-bond donors (Lipinski definition) is 2. The van der Waals surface area contributed by atoms with Gasteiger partial charge in [0.2, 0.25) is 0 Å². The molecule has 0 aliphatic rings. The summed E-state index contributed by atoms with van der Waals surface area (Å²) in [5.41, 5.74) is 8.22. The van der Waals surface area contributed by atoms with Gasteiger partial charge >= 0.3 is 0 Å². The zero-order valence-corrected chi connectivity index (χ0v) is 12.5. The maximum Gasteiger partial charge on any atom is 0.276 e. The quantitative estimate of drug-likeness (QED) is 0.737. The minimum atomic E-state index is -0.592. The number of para-hydroxylation sites is 1. The number of nitrogens with two attached hydrogens (primary N) is 1. The van der Waals surface area contributed by atoms with Crippen molar-refractivity contribution in [1.82, 2.24) is 10.4 Å². The van der Waals surface area contributed by atoms with Crippen LogP contribution in [0.5, 0.6) is 5.75 Å². The van der Waals surface area contributed by atoms with E-state index in [0.717, 1.165) is 17.9 Å². The zero-order valence-electron chi connectivity index (χ0n) is 12.5. The van der Waals surface area contributed by atoms with E-state index >= 15 is 0 Å². The van der Waals surface area contributed by atoms with Gasteiger partial charge in [0.1, 0.15) is 5.75 Å². The maximum atomic E-state index is 11.9. The molecular weight excluding hydrogens is 270 g/mol. The fourth-order valence-corrected chi connectivity index (χ4v) is 1.74. The summed E-state index contributed by atoms with van der Waals surface area (Å²) in [6.45, 7) is 1.87. The van der Waals surface area contributed by atoms with E-state index in [2.05, 4.69) is 5.43 Å². The molecule has 0 saturated heterocycles. The smallest absolute Gasteiger partial charge is 0.276 e. The number of benzene rings is 1. The van der Waals surface area contributed by atoms with E-state index in [-0.39, 0.29) is 12.5 Å². The highest BCUT2D eigenvalue weighted by atomic mass is 16.5. The van der Waals surface area contributed by atoms with Crippen LogP contribution in [0.3, 0.4) is 0 Å². The molecular formula is C15H23N3O3. The van der Waals surface area contributed by atoms with Gasteiger partial charge in [-0.3, -0.25) is 20.0 Å². The Morgan fingerprint density at radius 2 is 2.00 bits per heavy atom. The fourth-order valence-electron chi connectivity index (χ4n) is 1.74. The number of rotatable bonds is 7. The summed E-state index contributed by atoms with van der Waals surface area (Å²) in [5.74, 6) is -0.116. The van der Waals surface area contributed by atoms with Gasteiger partial charge < -0.3 is 10.5 Å². The SMILES string of the molecule is CCCC[C@H](N)C(=O)N(C)NC(=O)COc1ccccc1. The molecule has 2 amide bonds. The molecule has 6 nitrogen and oxygen atoms in total. The van der Waals surface area contributed by atoms with E-state index in [1.165, 1.54) is 7.05 Å². The van der Waals surface area contributed by atoms with Gasteiger partial charge in [-0.15, -0.1) is 0 Å². The Morgan fingerprint density at radius 3 is 2.62 bits per heavy atom. The molecule has 0 saturated carbocycles. The molecule has 0 aliphatic carbocycles. The Bertz CT molecular complexity index is 451. The number of carbonyl (C=O) groups is 2. The number of unbranched alkanes of at least 4 members (excludes halogenated alkanes) is 1. The summed E-state index contributed by atoms with van der Waals surface area (Å²) in [6, 6.07) is 8.40. The average molecular weight is 293 g/mol. The van der Waals surface area contributed by atoms with E-state index in [1.54, 1.807) is 12.1 Å². The van der Waals surface area contributed by atoms with Crippen molar-refractivity contribution < 1.29 is 14.3 Å². The van der Waals surface area contributed by atoms with E-state index in [9.17, 15) is 9.59 Å². The van der Waals surface area contributed by atoms with Crippen molar-refractivity contribution in [3.8, 4) is 5.75 Å². The lowest BCUT2D eigenvalue weighted by Gasteiger charge is -2.21. The molecule has 0 radical (unpaired) electrons. The molecule has 0 unspecified atom stereocenters. The zero-order chi connectivity index (χ0) is 15.7. The van der Waals surface area contributed by atoms with Crippen LogP contribution in [0.1, 0.15) is 26.2 Å². The van der Waals surface area contributed by atoms with E-state index in [4.69, 9.17) is 10.5 Å². The van der Waals surface area contributed by atoms with Crippen molar-refractivity contribution in [2.45, 2.75) is 32.2 Å². The standard InChI is InChI=1S/C15H23N3O3/c1-3-4-10-13(16)15(20)18(2)17-14(19)11-21-12-8-6-5-7-9-12/h5-9,13H,3-4,10-11,16H2,1-2H3,(H,17,19)/t13-/m0/s1. The Labute approximate surface area is 125 Å². The van der Waals surface area contributed by atoms with Gasteiger partial charge in [-0.05, 0) is 18.6 Å². The summed E-state index contributed by atoms with van der Waals surface area (Å²) in [4.78, 5) is 23.6. The Hall–Kier alpha value is -2.08. The number of likely N-dealkylation sites (N-methyl/N-ethyl adjacent to an activating group) is 1. The van der Waals surface area contributed by atoms with Crippen molar-refractivity contribution in [1.29, 1.82) is 0 Å². The molecule has 0 fully saturated rings. The molecule has 116 valence electrons. The molecule has 21 heavy (non-hydrogen) atoms. The van der Waals surface area contributed by atoms with Crippen LogP contribution >= 0.6 is 0 Å². The van der Waals surface area contributed by atoms with Crippen molar-refractivity contribution in [3.05, 3.63) is 30.3 Å². The van der Waals surface area contributed by atoms with Crippen LogP contribution in [0.2, 0.25) is 0 Å². The lowest BCUT2D eigenvalue weighted by molar-refractivity contribution is -0.141.